The van der Waals surface area contributed by atoms with Crippen molar-refractivity contribution >= 4 is 28.0 Å². The van der Waals surface area contributed by atoms with Crippen molar-refractivity contribution in [3.63, 3.8) is 0 Å². The number of ether oxygens (including phenoxy) is 1. The molecule has 0 spiro atoms. The van der Waals surface area contributed by atoms with Crippen molar-refractivity contribution in [3.05, 3.63) is 40.7 Å². The van der Waals surface area contributed by atoms with Crippen LogP contribution in [0.2, 0.25) is 0 Å². The summed E-state index contributed by atoms with van der Waals surface area (Å²) in [5.74, 6) is 0.649. The van der Waals surface area contributed by atoms with Crippen LogP contribution in [0.15, 0.2) is 24.3 Å². The number of methoxy groups -OCH3 is 1. The molecular formula is C22H27FN4O2S. The lowest BCUT2D eigenvalue weighted by atomic mass is 10.1. The van der Waals surface area contributed by atoms with Crippen molar-refractivity contribution in [2.75, 3.05) is 38.7 Å². The number of anilines is 1. The summed E-state index contributed by atoms with van der Waals surface area (Å²) in [6, 6.07) is 6.35. The van der Waals surface area contributed by atoms with Gasteiger partial charge in [-0.25, -0.2) is 9.37 Å². The molecule has 6 nitrogen and oxygen atoms in total. The number of halogens is 1. The number of aryl methyl sites for hydroxylation is 1. The number of thiazole rings is 1. The van der Waals surface area contributed by atoms with E-state index in [1.807, 2.05) is 16.2 Å². The number of nitrogens with one attached hydrogen (secondary N) is 1. The Kier molecular flexibility index (Phi) is 6.34. The van der Waals surface area contributed by atoms with Crippen LogP contribution in [0.1, 0.15) is 41.0 Å². The minimum absolute atomic E-state index is 0.0939. The van der Waals surface area contributed by atoms with Crippen LogP contribution in [0, 0.1) is 12.7 Å². The van der Waals surface area contributed by atoms with E-state index in [1.165, 1.54) is 29.9 Å². The lowest BCUT2D eigenvalue weighted by Crippen LogP contribution is -2.35. The van der Waals surface area contributed by atoms with E-state index < -0.39 is 0 Å². The van der Waals surface area contributed by atoms with Gasteiger partial charge in [-0.1, -0.05) is 11.3 Å². The van der Waals surface area contributed by atoms with Gasteiger partial charge in [0.05, 0.1) is 0 Å². The number of carbonyl (C=O) groups excluding carboxylic acids is 1. The van der Waals surface area contributed by atoms with E-state index >= 15 is 0 Å². The Labute approximate surface area is 179 Å². The maximum atomic E-state index is 13.4. The zero-order valence-corrected chi connectivity index (χ0v) is 18.2. The van der Waals surface area contributed by atoms with Crippen LogP contribution in [0.3, 0.4) is 0 Å². The van der Waals surface area contributed by atoms with Gasteiger partial charge in [-0.3, -0.25) is 9.20 Å². The summed E-state index contributed by atoms with van der Waals surface area (Å²) >= 11 is 1.42. The van der Waals surface area contributed by atoms with E-state index in [4.69, 9.17) is 9.72 Å². The molecule has 1 aliphatic heterocycles. The number of carbonyl (C=O) groups is 1. The maximum Gasteiger partial charge on any atom is 0.265 e. The van der Waals surface area contributed by atoms with Crippen molar-refractivity contribution in [1.29, 1.82) is 0 Å². The number of likely N-dealkylation sites (tertiary alicyclic amines) is 1. The Morgan fingerprint density at radius 1 is 1.23 bits per heavy atom. The summed E-state index contributed by atoms with van der Waals surface area (Å²) < 4.78 is 20.6. The van der Waals surface area contributed by atoms with E-state index in [2.05, 4.69) is 5.32 Å². The van der Waals surface area contributed by atoms with Gasteiger partial charge in [-0.05, 0) is 56.9 Å². The minimum atomic E-state index is -0.278. The maximum absolute atomic E-state index is 13.4. The van der Waals surface area contributed by atoms with Crippen LogP contribution in [-0.2, 0) is 4.74 Å². The molecule has 160 valence electrons. The molecule has 0 bridgehead atoms. The zero-order chi connectivity index (χ0) is 21.1. The SMILES string of the molecule is COCCCNc1c(-c2ccc(F)cc2)nc2sc(C(=O)N3CCCCC3)c(C)n12. The number of aromatic nitrogens is 2. The van der Waals surface area contributed by atoms with Crippen LogP contribution < -0.4 is 5.32 Å². The van der Waals surface area contributed by atoms with Crippen molar-refractivity contribution in [1.82, 2.24) is 14.3 Å². The van der Waals surface area contributed by atoms with Gasteiger partial charge in [0, 0.05) is 44.6 Å². The molecule has 8 heteroatoms. The molecule has 1 saturated heterocycles. The first kappa shape index (κ1) is 20.8. The van der Waals surface area contributed by atoms with Crippen LogP contribution in [-0.4, -0.2) is 53.5 Å². The van der Waals surface area contributed by atoms with Gasteiger partial charge in [0.25, 0.3) is 5.91 Å². The topological polar surface area (TPSA) is 58.9 Å². The van der Waals surface area contributed by atoms with Crippen molar-refractivity contribution in [2.24, 2.45) is 0 Å². The van der Waals surface area contributed by atoms with Crippen molar-refractivity contribution in [3.8, 4) is 11.3 Å². The molecule has 0 aliphatic carbocycles. The third kappa shape index (κ3) is 4.06. The van der Waals surface area contributed by atoms with Crippen molar-refractivity contribution in [2.45, 2.75) is 32.6 Å². The number of nitrogens with zero attached hydrogens (tertiary/aromatic N) is 3. The lowest BCUT2D eigenvalue weighted by molar-refractivity contribution is 0.0728. The highest BCUT2D eigenvalue weighted by Gasteiger charge is 2.26. The Morgan fingerprint density at radius 2 is 1.97 bits per heavy atom. The smallest absolute Gasteiger partial charge is 0.265 e. The second kappa shape index (κ2) is 9.14. The molecule has 3 heterocycles. The molecule has 3 aromatic rings. The minimum Gasteiger partial charge on any atom is -0.385 e. The molecule has 0 atom stereocenters. The molecule has 1 aromatic carbocycles. The van der Waals surface area contributed by atoms with E-state index in [9.17, 15) is 9.18 Å². The number of amides is 1. The summed E-state index contributed by atoms with van der Waals surface area (Å²) in [5.41, 5.74) is 2.49. The fraction of sp³-hybridized carbons (Fsp3) is 0.455. The Balaban J connectivity index is 1.73. The zero-order valence-electron chi connectivity index (χ0n) is 17.4. The molecule has 4 rings (SSSR count). The van der Waals surface area contributed by atoms with Crippen LogP contribution in [0.5, 0.6) is 0 Å². The van der Waals surface area contributed by atoms with Gasteiger partial charge in [-0.15, -0.1) is 0 Å². The van der Waals surface area contributed by atoms with Crippen LogP contribution in [0.4, 0.5) is 10.2 Å². The summed E-state index contributed by atoms with van der Waals surface area (Å²) in [7, 11) is 1.68. The fourth-order valence-electron chi connectivity index (χ4n) is 3.88. The molecular weight excluding hydrogens is 403 g/mol. The standard InChI is InChI=1S/C22H27FN4O2S/c1-15-19(21(28)26-12-4-3-5-13-26)30-22-25-18(16-7-9-17(23)10-8-16)20(27(15)22)24-11-6-14-29-2/h7-10,24H,3-6,11-14H2,1-2H3. The molecule has 1 N–H and O–H groups in total. The number of imidazole rings is 1. The van der Waals surface area contributed by atoms with Gasteiger partial charge in [0.15, 0.2) is 4.96 Å². The van der Waals surface area contributed by atoms with E-state index in [-0.39, 0.29) is 11.7 Å². The van der Waals surface area contributed by atoms with Gasteiger partial charge in [-0.2, -0.15) is 0 Å². The summed E-state index contributed by atoms with van der Waals surface area (Å²) in [6.07, 6.45) is 4.16. The highest BCUT2D eigenvalue weighted by Crippen LogP contribution is 2.35. The molecule has 0 saturated carbocycles. The monoisotopic (exact) mass is 430 g/mol. The quantitative estimate of drug-likeness (QED) is 0.557. The highest BCUT2D eigenvalue weighted by molar-refractivity contribution is 7.19. The van der Waals surface area contributed by atoms with Gasteiger partial charge < -0.3 is 15.0 Å². The average Bonchev–Trinajstić information content (AvgIpc) is 3.29. The molecule has 1 amide bonds. The predicted molar refractivity (Wildman–Crippen MR) is 118 cm³/mol. The Hall–Kier alpha value is -2.45. The third-order valence-corrected chi connectivity index (χ3v) is 6.61. The summed E-state index contributed by atoms with van der Waals surface area (Å²) in [6.45, 7) is 4.97. The molecule has 0 radical (unpaired) electrons. The van der Waals surface area contributed by atoms with E-state index in [0.717, 1.165) is 65.0 Å². The van der Waals surface area contributed by atoms with Gasteiger partial charge in [0.1, 0.15) is 22.2 Å². The number of benzene rings is 1. The van der Waals surface area contributed by atoms with Crippen molar-refractivity contribution < 1.29 is 13.9 Å². The summed E-state index contributed by atoms with van der Waals surface area (Å²) in [4.78, 5) is 21.4. The normalized spacial score (nSPS) is 14.4. The predicted octanol–water partition coefficient (Wildman–Crippen LogP) is 4.58. The first-order chi connectivity index (χ1) is 14.6. The Bertz CT molecular complexity index is 1020. The number of hydrogen-bond donors (Lipinski definition) is 1. The second-order valence-electron chi connectivity index (χ2n) is 7.58. The lowest BCUT2D eigenvalue weighted by Gasteiger charge is -2.26. The Morgan fingerprint density at radius 3 is 2.67 bits per heavy atom. The molecule has 30 heavy (non-hydrogen) atoms. The number of fused-ring (bicyclic) bond motifs is 1. The third-order valence-electron chi connectivity index (χ3n) is 5.48. The highest BCUT2D eigenvalue weighted by atomic mass is 32.1. The first-order valence-electron chi connectivity index (χ1n) is 10.4. The van der Waals surface area contributed by atoms with Gasteiger partial charge >= 0.3 is 0 Å². The number of rotatable bonds is 7. The molecule has 1 aliphatic rings. The van der Waals surface area contributed by atoms with Gasteiger partial charge in [0.2, 0.25) is 0 Å². The molecule has 2 aromatic heterocycles. The number of hydrogen-bond acceptors (Lipinski definition) is 5. The molecule has 0 unspecified atom stereocenters. The van der Waals surface area contributed by atoms with E-state index in [1.54, 1.807) is 19.2 Å². The second-order valence-corrected chi connectivity index (χ2v) is 8.55. The number of piperidine rings is 1. The first-order valence-corrected chi connectivity index (χ1v) is 11.2. The average molecular weight is 431 g/mol. The fourth-order valence-corrected chi connectivity index (χ4v) is 4.97. The van der Waals surface area contributed by atoms with E-state index in [0.29, 0.717) is 13.2 Å². The molecule has 1 fully saturated rings. The summed E-state index contributed by atoms with van der Waals surface area (Å²) in [5, 5.41) is 3.47. The van der Waals surface area contributed by atoms with Crippen LogP contribution >= 0.6 is 11.3 Å². The van der Waals surface area contributed by atoms with Crippen LogP contribution in [0.25, 0.3) is 16.2 Å². The largest absolute Gasteiger partial charge is 0.385 e.